The number of hydrogen-bond donors (Lipinski definition) is 0. The second-order valence-electron chi connectivity index (χ2n) is 19.0. The number of morpholine rings is 1. The molecule has 0 aromatic heterocycles. The van der Waals surface area contributed by atoms with Gasteiger partial charge in [0.15, 0.2) is 6.29 Å². The second kappa shape index (κ2) is 11.3. The Balaban J connectivity index is 1.07. The van der Waals surface area contributed by atoms with Crippen molar-refractivity contribution in [3.63, 3.8) is 0 Å². The Morgan fingerprint density at radius 1 is 0.957 bits per heavy atom. The average Bonchev–Trinajstić information content (AvgIpc) is 3.60. The molecule has 2 saturated heterocycles. The van der Waals surface area contributed by atoms with E-state index in [-0.39, 0.29) is 47.2 Å². The Morgan fingerprint density at radius 3 is 2.36 bits per heavy atom. The summed E-state index contributed by atoms with van der Waals surface area (Å²) in [5, 5.41) is 0. The zero-order valence-corrected chi connectivity index (χ0v) is 31.3. The summed E-state index contributed by atoms with van der Waals surface area (Å²) in [6, 6.07) is 0.0534. The van der Waals surface area contributed by atoms with Crippen LogP contribution < -0.4 is 0 Å². The molecule has 2 spiro atoms. The molecule has 0 aromatic carbocycles. The lowest BCUT2D eigenvalue weighted by Crippen LogP contribution is -2.59. The fourth-order valence-electron chi connectivity index (χ4n) is 13.9. The van der Waals surface area contributed by atoms with E-state index in [1.807, 2.05) is 44.8 Å². The molecule has 47 heavy (non-hydrogen) atoms. The van der Waals surface area contributed by atoms with Gasteiger partial charge in [-0.25, -0.2) is 4.79 Å². The van der Waals surface area contributed by atoms with Crippen molar-refractivity contribution in [2.24, 2.45) is 56.7 Å². The molecule has 8 heteroatoms. The molecule has 0 aromatic rings. The van der Waals surface area contributed by atoms with Gasteiger partial charge in [0.25, 0.3) is 0 Å². The summed E-state index contributed by atoms with van der Waals surface area (Å²) < 4.78 is 20.0. The van der Waals surface area contributed by atoms with Gasteiger partial charge in [-0.05, 0) is 109 Å². The van der Waals surface area contributed by atoms with Gasteiger partial charge in [0.05, 0.1) is 31.5 Å². The van der Waals surface area contributed by atoms with Gasteiger partial charge < -0.3 is 28.9 Å². The molecule has 8 unspecified atom stereocenters. The zero-order chi connectivity index (χ0) is 33.9. The Morgan fingerprint density at radius 2 is 1.66 bits per heavy atom. The second-order valence-corrected chi connectivity index (χ2v) is 19.0. The van der Waals surface area contributed by atoms with Crippen LogP contribution in [-0.4, -0.2) is 98.6 Å². The monoisotopic (exact) mass is 655 g/mol. The molecule has 0 bridgehead atoms. The number of hydrogen-bond acceptors (Lipinski definition) is 5. The minimum absolute atomic E-state index is 0.000608. The van der Waals surface area contributed by atoms with Crippen molar-refractivity contribution in [1.29, 1.82) is 0 Å². The number of fused-ring (bicyclic) bond motifs is 4. The standard InChI is InChI=1S/C39H65N3O5/c1-24(2)33(43)42-17-18-45-31(22-42)47-30-13-14-38-23-39(38)16-15-36(6)32-25(3)19-26(21-41(10)34(44)40(8)9)46-27(32)20-37(36,7)29(39)12-11-28(38)35(30,4)5/h24-32H,11-23H2,1-10H3/t25-,26?,27?,28?,29?,30+,31?,32?,36-,37+,38?,39?/m1/s1. The summed E-state index contributed by atoms with van der Waals surface area (Å²) in [6.45, 7) is 19.2. The number of carbonyl (C=O) groups excluding carboxylic acids is 2. The third-order valence-electron chi connectivity index (χ3n) is 16.0. The fourth-order valence-corrected chi connectivity index (χ4v) is 13.9. The fraction of sp³-hybridized carbons (Fsp3) is 0.949. The molecule has 7 aliphatic rings. The normalized spacial score (nSPS) is 48.0. The molecular formula is C39H65N3O5. The number of rotatable bonds is 5. The summed E-state index contributed by atoms with van der Waals surface area (Å²) in [6.07, 6.45) is 11.5. The van der Waals surface area contributed by atoms with Gasteiger partial charge in [0.1, 0.15) is 0 Å². The maximum absolute atomic E-state index is 12.8. The Hall–Kier alpha value is -1.38. The summed E-state index contributed by atoms with van der Waals surface area (Å²) in [5.41, 5.74) is 1.56. The van der Waals surface area contributed by atoms with E-state index in [0.717, 1.165) is 18.8 Å². The molecule has 3 amide bonds. The number of likely N-dealkylation sites (N-methyl/N-ethyl adjacent to an activating group) is 1. The molecule has 0 radical (unpaired) electrons. The van der Waals surface area contributed by atoms with E-state index >= 15 is 0 Å². The first kappa shape index (κ1) is 34.1. The molecule has 2 aliphatic heterocycles. The van der Waals surface area contributed by atoms with Gasteiger partial charge in [-0.15, -0.1) is 0 Å². The highest BCUT2D eigenvalue weighted by Gasteiger charge is 2.83. The first-order valence-electron chi connectivity index (χ1n) is 19.1. The highest BCUT2D eigenvalue weighted by molar-refractivity contribution is 5.78. The largest absolute Gasteiger partial charge is 0.373 e. The molecule has 12 atom stereocenters. The SMILES string of the molecule is CC(C)C(=O)N1CCOC(O[C@H]2CCC34CC35CC[C@]3(C)C6C(C[C@@]3(C)C5CCC4C2(C)C)OC(CN(C)C(=O)N(C)C)C[C@H]6C)C1. The maximum Gasteiger partial charge on any atom is 0.319 e. The van der Waals surface area contributed by atoms with Crippen LogP contribution in [0, 0.1) is 56.7 Å². The van der Waals surface area contributed by atoms with E-state index < -0.39 is 0 Å². The maximum atomic E-state index is 12.8. The van der Waals surface area contributed by atoms with Crippen LogP contribution in [0.3, 0.4) is 0 Å². The van der Waals surface area contributed by atoms with Gasteiger partial charge in [-0.3, -0.25) is 4.79 Å². The topological polar surface area (TPSA) is 71.5 Å². The van der Waals surface area contributed by atoms with E-state index in [9.17, 15) is 9.59 Å². The van der Waals surface area contributed by atoms with E-state index in [4.69, 9.17) is 14.2 Å². The van der Waals surface area contributed by atoms with Gasteiger partial charge in [-0.2, -0.15) is 0 Å². The average molecular weight is 656 g/mol. The lowest BCUT2D eigenvalue weighted by Gasteiger charge is -2.63. The molecule has 5 aliphatic carbocycles. The van der Waals surface area contributed by atoms with Crippen molar-refractivity contribution in [3.8, 4) is 0 Å². The van der Waals surface area contributed by atoms with Crippen molar-refractivity contribution in [3.05, 3.63) is 0 Å². The minimum Gasteiger partial charge on any atom is -0.373 e. The van der Waals surface area contributed by atoms with E-state index in [1.165, 1.54) is 44.9 Å². The summed E-state index contributed by atoms with van der Waals surface area (Å²) in [5.74, 6) is 2.83. The molecule has 7 rings (SSSR count). The third-order valence-corrected chi connectivity index (χ3v) is 16.0. The molecule has 0 N–H and O–H groups in total. The molecular weight excluding hydrogens is 590 g/mol. The summed E-state index contributed by atoms with van der Waals surface area (Å²) in [4.78, 5) is 30.9. The molecule has 7 fully saturated rings. The van der Waals surface area contributed by atoms with Crippen molar-refractivity contribution >= 4 is 11.9 Å². The van der Waals surface area contributed by atoms with Gasteiger partial charge in [0, 0.05) is 40.2 Å². The van der Waals surface area contributed by atoms with Crippen molar-refractivity contribution in [2.45, 2.75) is 131 Å². The van der Waals surface area contributed by atoms with Crippen LogP contribution >= 0.6 is 0 Å². The number of ether oxygens (including phenoxy) is 3. The lowest BCUT2D eigenvalue weighted by molar-refractivity contribution is -0.246. The van der Waals surface area contributed by atoms with Crippen LogP contribution in [0.25, 0.3) is 0 Å². The van der Waals surface area contributed by atoms with E-state index in [2.05, 4.69) is 34.6 Å². The van der Waals surface area contributed by atoms with Crippen LogP contribution in [0.4, 0.5) is 4.79 Å². The molecule has 266 valence electrons. The van der Waals surface area contributed by atoms with Crippen molar-refractivity contribution in [2.75, 3.05) is 47.4 Å². The predicted octanol–water partition coefficient (Wildman–Crippen LogP) is 6.67. The third kappa shape index (κ3) is 4.82. The highest BCUT2D eigenvalue weighted by atomic mass is 16.7. The van der Waals surface area contributed by atoms with Gasteiger partial charge >= 0.3 is 6.03 Å². The first-order chi connectivity index (χ1) is 22.0. The van der Waals surface area contributed by atoms with Crippen molar-refractivity contribution < 1.29 is 23.8 Å². The smallest absolute Gasteiger partial charge is 0.319 e. The highest BCUT2D eigenvalue weighted by Crippen LogP contribution is 2.89. The van der Waals surface area contributed by atoms with Crippen LogP contribution in [0.15, 0.2) is 0 Å². The molecule has 5 saturated carbocycles. The summed E-state index contributed by atoms with van der Waals surface area (Å²) in [7, 11) is 5.57. The Bertz CT molecular complexity index is 1250. The molecule has 8 nitrogen and oxygen atoms in total. The van der Waals surface area contributed by atoms with Crippen LogP contribution in [0.5, 0.6) is 0 Å². The van der Waals surface area contributed by atoms with E-state index in [0.29, 0.717) is 66.3 Å². The van der Waals surface area contributed by atoms with Crippen molar-refractivity contribution in [1.82, 2.24) is 14.7 Å². The van der Waals surface area contributed by atoms with Gasteiger partial charge in [-0.1, -0.05) is 48.5 Å². The first-order valence-corrected chi connectivity index (χ1v) is 19.1. The van der Waals surface area contributed by atoms with Crippen LogP contribution in [0.2, 0.25) is 0 Å². The minimum atomic E-state index is -0.322. The van der Waals surface area contributed by atoms with E-state index in [1.54, 1.807) is 4.90 Å². The zero-order valence-electron chi connectivity index (χ0n) is 31.3. The number of carbonyl (C=O) groups is 2. The number of amides is 3. The lowest BCUT2D eigenvalue weighted by atomic mass is 9.41. The Kier molecular flexibility index (Phi) is 8.21. The summed E-state index contributed by atoms with van der Waals surface area (Å²) >= 11 is 0. The number of nitrogens with zero attached hydrogens (tertiary/aromatic N) is 3. The quantitative estimate of drug-likeness (QED) is 0.331. The van der Waals surface area contributed by atoms with Crippen LogP contribution in [0.1, 0.15) is 106 Å². The molecule has 2 heterocycles. The Labute approximate surface area is 285 Å². The number of urea groups is 1. The van der Waals surface area contributed by atoms with Gasteiger partial charge in [0.2, 0.25) is 5.91 Å². The van der Waals surface area contributed by atoms with Crippen LogP contribution in [-0.2, 0) is 19.0 Å². The predicted molar refractivity (Wildman–Crippen MR) is 182 cm³/mol.